The molecular weight excluding hydrogens is 402 g/mol. The number of hydrogen-bond acceptors (Lipinski definition) is 6. The van der Waals surface area contributed by atoms with Crippen LogP contribution >= 0.6 is 11.3 Å². The number of nitrogens with zero attached hydrogens (tertiary/aromatic N) is 2. The van der Waals surface area contributed by atoms with Crippen molar-refractivity contribution in [1.29, 1.82) is 0 Å². The van der Waals surface area contributed by atoms with Crippen molar-refractivity contribution in [3.8, 4) is 0 Å². The van der Waals surface area contributed by atoms with Crippen LogP contribution in [0.25, 0.3) is 10.2 Å². The SMILES string of the molecule is CCOC(=O)c1c(C)[nH]c(C(=O)N(CC2CCCO2)c2nc3ccccc3s2)c1C. The van der Waals surface area contributed by atoms with E-state index in [1.807, 2.05) is 24.3 Å². The fraction of sp³-hybridized carbons (Fsp3) is 0.409. The van der Waals surface area contributed by atoms with Crippen molar-refractivity contribution >= 4 is 38.6 Å². The fourth-order valence-electron chi connectivity index (χ4n) is 3.82. The van der Waals surface area contributed by atoms with Gasteiger partial charge in [-0.3, -0.25) is 9.69 Å². The second-order valence-corrected chi connectivity index (χ2v) is 8.37. The van der Waals surface area contributed by atoms with E-state index in [2.05, 4.69) is 9.97 Å². The summed E-state index contributed by atoms with van der Waals surface area (Å²) in [6.07, 6.45) is 1.87. The number of thiazole rings is 1. The van der Waals surface area contributed by atoms with Crippen LogP contribution in [0, 0.1) is 13.8 Å². The highest BCUT2D eigenvalue weighted by Gasteiger charge is 2.31. The molecule has 0 bridgehead atoms. The van der Waals surface area contributed by atoms with Crippen LogP contribution in [0.2, 0.25) is 0 Å². The third-order valence-corrected chi connectivity index (χ3v) is 6.36. The van der Waals surface area contributed by atoms with E-state index < -0.39 is 5.97 Å². The van der Waals surface area contributed by atoms with Gasteiger partial charge in [-0.1, -0.05) is 23.5 Å². The van der Waals surface area contributed by atoms with E-state index >= 15 is 0 Å². The van der Waals surface area contributed by atoms with E-state index in [-0.39, 0.29) is 18.6 Å². The lowest BCUT2D eigenvalue weighted by molar-refractivity contribution is 0.0525. The summed E-state index contributed by atoms with van der Waals surface area (Å²) in [5.41, 5.74) is 2.87. The molecule has 1 N–H and O–H groups in total. The van der Waals surface area contributed by atoms with E-state index in [4.69, 9.17) is 9.47 Å². The number of hydrogen-bond donors (Lipinski definition) is 1. The van der Waals surface area contributed by atoms with E-state index in [1.54, 1.807) is 25.7 Å². The summed E-state index contributed by atoms with van der Waals surface area (Å²) < 4.78 is 12.0. The lowest BCUT2D eigenvalue weighted by Crippen LogP contribution is -2.38. The van der Waals surface area contributed by atoms with Crippen LogP contribution in [0.3, 0.4) is 0 Å². The van der Waals surface area contributed by atoms with Gasteiger partial charge in [-0.2, -0.15) is 0 Å². The van der Waals surface area contributed by atoms with Gasteiger partial charge < -0.3 is 14.5 Å². The van der Waals surface area contributed by atoms with Crippen LogP contribution in [0.1, 0.15) is 51.9 Å². The molecule has 1 unspecified atom stereocenters. The smallest absolute Gasteiger partial charge is 0.340 e. The van der Waals surface area contributed by atoms with Crippen molar-refractivity contribution in [3.05, 3.63) is 46.8 Å². The van der Waals surface area contributed by atoms with Crippen molar-refractivity contribution in [2.24, 2.45) is 0 Å². The first-order valence-corrected chi connectivity index (χ1v) is 11.0. The van der Waals surface area contributed by atoms with Crippen molar-refractivity contribution in [2.75, 3.05) is 24.7 Å². The Kier molecular flexibility index (Phi) is 5.87. The Morgan fingerprint density at radius 2 is 2.13 bits per heavy atom. The molecule has 158 valence electrons. The van der Waals surface area contributed by atoms with E-state index in [0.29, 0.717) is 40.8 Å². The van der Waals surface area contributed by atoms with E-state index in [9.17, 15) is 9.59 Å². The second kappa shape index (κ2) is 8.57. The Hall–Kier alpha value is -2.71. The summed E-state index contributed by atoms with van der Waals surface area (Å²) in [4.78, 5) is 35.5. The molecule has 3 aromatic rings. The Morgan fingerprint density at radius 3 is 2.83 bits per heavy atom. The molecule has 8 heteroatoms. The maximum absolute atomic E-state index is 13.6. The van der Waals surface area contributed by atoms with Gasteiger partial charge in [0.05, 0.1) is 35.0 Å². The van der Waals surface area contributed by atoms with Crippen LogP contribution in [0.15, 0.2) is 24.3 Å². The van der Waals surface area contributed by atoms with Crippen LogP contribution in [0.5, 0.6) is 0 Å². The monoisotopic (exact) mass is 427 g/mol. The largest absolute Gasteiger partial charge is 0.462 e. The summed E-state index contributed by atoms with van der Waals surface area (Å²) in [5, 5.41) is 0.626. The molecule has 1 aliphatic heterocycles. The molecule has 1 fully saturated rings. The van der Waals surface area contributed by atoms with Gasteiger partial charge in [-0.05, 0) is 51.3 Å². The molecule has 4 rings (SSSR count). The lowest BCUT2D eigenvalue weighted by atomic mass is 10.1. The molecule has 0 spiro atoms. The zero-order valence-corrected chi connectivity index (χ0v) is 18.2. The molecule has 3 heterocycles. The number of benzene rings is 1. The van der Waals surface area contributed by atoms with Crippen LogP contribution in [0.4, 0.5) is 5.13 Å². The van der Waals surface area contributed by atoms with E-state index in [1.165, 1.54) is 11.3 Å². The summed E-state index contributed by atoms with van der Waals surface area (Å²) in [7, 11) is 0. The first-order chi connectivity index (χ1) is 14.5. The van der Waals surface area contributed by atoms with Gasteiger partial charge in [-0.25, -0.2) is 9.78 Å². The minimum Gasteiger partial charge on any atom is -0.462 e. The highest BCUT2D eigenvalue weighted by Crippen LogP contribution is 2.31. The maximum atomic E-state index is 13.6. The number of fused-ring (bicyclic) bond motifs is 1. The summed E-state index contributed by atoms with van der Waals surface area (Å²) in [6, 6.07) is 7.82. The zero-order valence-electron chi connectivity index (χ0n) is 17.4. The van der Waals surface area contributed by atoms with Crippen molar-refractivity contribution in [2.45, 2.75) is 39.7 Å². The second-order valence-electron chi connectivity index (χ2n) is 7.36. The minimum absolute atomic E-state index is 0.0261. The highest BCUT2D eigenvalue weighted by molar-refractivity contribution is 7.22. The average Bonchev–Trinajstić information content (AvgIpc) is 3.44. The number of rotatable bonds is 6. The number of amides is 1. The number of anilines is 1. The van der Waals surface area contributed by atoms with Crippen LogP contribution in [-0.2, 0) is 9.47 Å². The standard InChI is InChI=1S/C22H25N3O4S/c1-4-28-21(27)18-13(2)19(23-14(18)3)20(26)25(12-15-8-7-11-29-15)22-24-16-9-5-6-10-17(16)30-22/h5-6,9-10,15,23H,4,7-8,11-12H2,1-3H3. The molecular formula is C22H25N3O4S. The first-order valence-electron chi connectivity index (χ1n) is 10.1. The number of ether oxygens (including phenoxy) is 2. The fourth-order valence-corrected chi connectivity index (χ4v) is 4.80. The minimum atomic E-state index is -0.423. The molecule has 30 heavy (non-hydrogen) atoms. The van der Waals surface area contributed by atoms with Gasteiger partial charge in [0.2, 0.25) is 0 Å². The van der Waals surface area contributed by atoms with Gasteiger partial charge in [0.25, 0.3) is 5.91 Å². The van der Waals surface area contributed by atoms with Gasteiger partial charge in [-0.15, -0.1) is 0 Å². The Morgan fingerprint density at radius 1 is 1.33 bits per heavy atom. The van der Waals surface area contributed by atoms with Crippen LogP contribution < -0.4 is 4.90 Å². The lowest BCUT2D eigenvalue weighted by Gasteiger charge is -2.23. The molecule has 1 saturated heterocycles. The Bertz CT molecular complexity index is 1050. The highest BCUT2D eigenvalue weighted by atomic mass is 32.1. The number of aryl methyl sites for hydroxylation is 1. The molecule has 0 saturated carbocycles. The Labute approximate surface area is 179 Å². The van der Waals surface area contributed by atoms with Gasteiger partial charge in [0.15, 0.2) is 5.13 Å². The molecule has 1 atom stereocenters. The number of nitrogens with one attached hydrogen (secondary N) is 1. The number of H-pyrrole nitrogens is 1. The summed E-state index contributed by atoms with van der Waals surface area (Å²) in [5.74, 6) is -0.644. The normalized spacial score (nSPS) is 16.2. The number of para-hydroxylation sites is 1. The average molecular weight is 428 g/mol. The summed E-state index contributed by atoms with van der Waals surface area (Å²) >= 11 is 1.48. The number of aromatic nitrogens is 2. The molecule has 1 amide bonds. The topological polar surface area (TPSA) is 84.5 Å². The molecule has 1 aliphatic rings. The third-order valence-electron chi connectivity index (χ3n) is 5.30. The van der Waals surface area contributed by atoms with Crippen molar-refractivity contribution in [1.82, 2.24) is 9.97 Å². The molecule has 0 aliphatic carbocycles. The van der Waals surface area contributed by atoms with Gasteiger partial charge >= 0.3 is 5.97 Å². The quantitative estimate of drug-likeness (QED) is 0.595. The van der Waals surface area contributed by atoms with Crippen molar-refractivity contribution in [3.63, 3.8) is 0 Å². The van der Waals surface area contributed by atoms with Crippen molar-refractivity contribution < 1.29 is 19.1 Å². The number of carbonyl (C=O) groups excluding carboxylic acids is 2. The number of carbonyl (C=O) groups is 2. The number of esters is 1. The van der Waals surface area contributed by atoms with E-state index in [0.717, 1.165) is 23.1 Å². The predicted octanol–water partition coefficient (Wildman–Crippen LogP) is 4.24. The van der Waals surface area contributed by atoms with Gasteiger partial charge in [0.1, 0.15) is 5.69 Å². The Balaban J connectivity index is 1.72. The predicted molar refractivity (Wildman–Crippen MR) is 116 cm³/mol. The molecule has 2 aromatic heterocycles. The molecule has 0 radical (unpaired) electrons. The van der Waals surface area contributed by atoms with Gasteiger partial charge in [0, 0.05) is 12.3 Å². The first kappa shape index (κ1) is 20.6. The van der Waals surface area contributed by atoms with Crippen LogP contribution in [-0.4, -0.2) is 47.7 Å². The summed E-state index contributed by atoms with van der Waals surface area (Å²) in [6.45, 7) is 6.72. The maximum Gasteiger partial charge on any atom is 0.340 e. The zero-order chi connectivity index (χ0) is 21.3. The number of aromatic amines is 1. The molecule has 7 nitrogen and oxygen atoms in total. The third kappa shape index (κ3) is 3.85. The molecule has 1 aromatic carbocycles.